The fourth-order valence-corrected chi connectivity index (χ4v) is 2.37. The number of aromatic nitrogens is 1. The molecule has 1 aromatic rings. The van der Waals surface area contributed by atoms with Crippen LogP contribution in [0.2, 0.25) is 5.02 Å². The monoisotopic (exact) mass is 283 g/mol. The number of morpholine rings is 1. The molecule has 1 aliphatic heterocycles. The van der Waals surface area contributed by atoms with Crippen LogP contribution in [0.4, 0.5) is 5.82 Å². The maximum Gasteiger partial charge on any atom is 0.255 e. The third-order valence-electron chi connectivity index (χ3n) is 3.04. The molecule has 1 amide bonds. The van der Waals surface area contributed by atoms with E-state index in [4.69, 9.17) is 16.3 Å². The number of hydrogen-bond donors (Lipinski definition) is 1. The first-order valence-corrected chi connectivity index (χ1v) is 6.57. The van der Waals surface area contributed by atoms with Crippen LogP contribution in [0.25, 0.3) is 0 Å². The number of amides is 1. The molecular formula is C13H18ClN3O2. The molecule has 104 valence electrons. The molecule has 1 N–H and O–H groups in total. The highest BCUT2D eigenvalue weighted by Gasteiger charge is 2.30. The van der Waals surface area contributed by atoms with Crippen molar-refractivity contribution >= 4 is 23.3 Å². The third-order valence-corrected chi connectivity index (χ3v) is 3.33. The Morgan fingerprint density at radius 2 is 2.32 bits per heavy atom. The number of hydrogen-bond acceptors (Lipinski definition) is 4. The number of rotatable bonds is 2. The molecule has 6 heteroatoms. The molecule has 0 aromatic carbocycles. The Labute approximate surface area is 117 Å². The predicted molar refractivity (Wildman–Crippen MR) is 74.7 cm³/mol. The molecule has 1 fully saturated rings. The van der Waals surface area contributed by atoms with E-state index in [9.17, 15) is 4.79 Å². The maximum absolute atomic E-state index is 12.4. The van der Waals surface area contributed by atoms with Crippen LogP contribution in [-0.4, -0.2) is 48.1 Å². The zero-order valence-electron chi connectivity index (χ0n) is 11.4. The Bertz CT molecular complexity index is 491. The summed E-state index contributed by atoms with van der Waals surface area (Å²) in [7, 11) is 1.74. The van der Waals surface area contributed by atoms with Gasteiger partial charge in [0.15, 0.2) is 0 Å². The fourth-order valence-electron chi connectivity index (χ4n) is 2.11. The summed E-state index contributed by atoms with van der Waals surface area (Å²) in [5.74, 6) is 0.508. The van der Waals surface area contributed by atoms with Crippen LogP contribution in [-0.2, 0) is 4.74 Å². The topological polar surface area (TPSA) is 54.5 Å². The summed E-state index contributed by atoms with van der Waals surface area (Å²) >= 11 is 6.05. The second-order valence-electron chi connectivity index (χ2n) is 5.14. The highest BCUT2D eigenvalue weighted by molar-refractivity contribution is 6.33. The van der Waals surface area contributed by atoms with Crippen molar-refractivity contribution in [3.05, 3.63) is 22.8 Å². The van der Waals surface area contributed by atoms with Gasteiger partial charge < -0.3 is 15.0 Å². The van der Waals surface area contributed by atoms with Crippen molar-refractivity contribution in [3.63, 3.8) is 0 Å². The van der Waals surface area contributed by atoms with Gasteiger partial charge in [-0.05, 0) is 19.9 Å². The molecule has 0 aliphatic carbocycles. The maximum atomic E-state index is 12.4. The van der Waals surface area contributed by atoms with Crippen LogP contribution in [0.1, 0.15) is 24.2 Å². The van der Waals surface area contributed by atoms with Gasteiger partial charge >= 0.3 is 0 Å². The lowest BCUT2D eigenvalue weighted by molar-refractivity contribution is -0.0764. The largest absolute Gasteiger partial charge is 0.372 e. The van der Waals surface area contributed by atoms with Crippen molar-refractivity contribution < 1.29 is 9.53 Å². The number of anilines is 1. The molecule has 5 nitrogen and oxygen atoms in total. The van der Waals surface area contributed by atoms with E-state index < -0.39 is 0 Å². The van der Waals surface area contributed by atoms with E-state index in [2.05, 4.69) is 10.3 Å². The molecule has 0 bridgehead atoms. The molecule has 0 radical (unpaired) electrons. The molecule has 19 heavy (non-hydrogen) atoms. The van der Waals surface area contributed by atoms with Crippen LogP contribution in [0, 0.1) is 0 Å². The molecule has 2 heterocycles. The van der Waals surface area contributed by atoms with Gasteiger partial charge in [0.1, 0.15) is 5.82 Å². The average Bonchev–Trinajstić information content (AvgIpc) is 2.36. The van der Waals surface area contributed by atoms with Gasteiger partial charge in [-0.3, -0.25) is 4.79 Å². The summed E-state index contributed by atoms with van der Waals surface area (Å²) in [6, 6.07) is 1.64. The summed E-state index contributed by atoms with van der Waals surface area (Å²) in [4.78, 5) is 18.3. The lowest BCUT2D eigenvalue weighted by Gasteiger charge is -2.38. The molecular weight excluding hydrogens is 266 g/mol. The normalized spacial score (nSPS) is 18.2. The second-order valence-corrected chi connectivity index (χ2v) is 5.55. The zero-order valence-corrected chi connectivity index (χ0v) is 12.1. The minimum atomic E-state index is -0.309. The predicted octanol–water partition coefficient (Wildman–Crippen LogP) is 2.03. The van der Waals surface area contributed by atoms with E-state index in [1.54, 1.807) is 24.2 Å². The molecule has 0 atom stereocenters. The van der Waals surface area contributed by atoms with E-state index >= 15 is 0 Å². The van der Waals surface area contributed by atoms with Gasteiger partial charge in [-0.15, -0.1) is 0 Å². The average molecular weight is 284 g/mol. The lowest BCUT2D eigenvalue weighted by atomic mass is 10.1. The van der Waals surface area contributed by atoms with Crippen LogP contribution < -0.4 is 5.32 Å². The number of carbonyl (C=O) groups is 1. The molecule has 1 saturated heterocycles. The van der Waals surface area contributed by atoms with Crippen molar-refractivity contribution in [1.29, 1.82) is 0 Å². The molecule has 0 saturated carbocycles. The Balaban J connectivity index is 2.17. The second kappa shape index (κ2) is 5.35. The van der Waals surface area contributed by atoms with Gasteiger partial charge in [0, 0.05) is 26.3 Å². The Kier molecular flexibility index (Phi) is 3.96. The summed E-state index contributed by atoms with van der Waals surface area (Å²) in [6.45, 7) is 5.66. The molecule has 1 aliphatic rings. The zero-order chi connectivity index (χ0) is 14.0. The van der Waals surface area contributed by atoms with Gasteiger partial charge in [0.25, 0.3) is 5.91 Å². The van der Waals surface area contributed by atoms with Crippen molar-refractivity contribution in [3.8, 4) is 0 Å². The van der Waals surface area contributed by atoms with Crippen LogP contribution in [0.15, 0.2) is 12.3 Å². The minimum absolute atomic E-state index is 0.0616. The molecule has 2 rings (SSSR count). The molecule has 1 aromatic heterocycles. The van der Waals surface area contributed by atoms with Gasteiger partial charge in [0.05, 0.1) is 22.8 Å². The lowest BCUT2D eigenvalue weighted by Crippen LogP contribution is -2.50. The van der Waals surface area contributed by atoms with Gasteiger partial charge in [-0.2, -0.15) is 0 Å². The number of nitrogens with zero attached hydrogens (tertiary/aromatic N) is 2. The molecule has 0 spiro atoms. The van der Waals surface area contributed by atoms with Gasteiger partial charge in [-0.25, -0.2) is 4.98 Å². The van der Waals surface area contributed by atoms with Crippen molar-refractivity contribution in [2.75, 3.05) is 32.1 Å². The van der Waals surface area contributed by atoms with E-state index in [1.165, 1.54) is 0 Å². The number of nitrogens with one attached hydrogen (secondary N) is 1. The third kappa shape index (κ3) is 3.16. The van der Waals surface area contributed by atoms with E-state index in [0.29, 0.717) is 36.1 Å². The first-order valence-electron chi connectivity index (χ1n) is 6.19. The number of carbonyl (C=O) groups excluding carboxylic acids is 1. The highest BCUT2D eigenvalue weighted by Crippen LogP contribution is 2.22. The quantitative estimate of drug-likeness (QED) is 0.902. The van der Waals surface area contributed by atoms with E-state index in [0.717, 1.165) is 0 Å². The fraction of sp³-hybridized carbons (Fsp3) is 0.538. The summed E-state index contributed by atoms with van der Waals surface area (Å²) < 4.78 is 5.60. The number of halogens is 1. The van der Waals surface area contributed by atoms with Crippen molar-refractivity contribution in [1.82, 2.24) is 9.88 Å². The highest BCUT2D eigenvalue weighted by atomic mass is 35.5. The van der Waals surface area contributed by atoms with Crippen molar-refractivity contribution in [2.45, 2.75) is 19.4 Å². The van der Waals surface area contributed by atoms with Crippen LogP contribution in [0.5, 0.6) is 0 Å². The Hall–Kier alpha value is -1.33. The minimum Gasteiger partial charge on any atom is -0.372 e. The Morgan fingerprint density at radius 1 is 1.58 bits per heavy atom. The standard InChI is InChI=1S/C13H18ClN3O2/c1-13(2)8-17(4-5-19-13)12(18)9-6-10(14)11(15-3)16-7-9/h6-7H,4-5,8H2,1-3H3,(H,15,16). The summed E-state index contributed by atoms with van der Waals surface area (Å²) in [6.07, 6.45) is 1.54. The summed E-state index contributed by atoms with van der Waals surface area (Å²) in [5, 5.41) is 3.31. The van der Waals surface area contributed by atoms with E-state index in [1.807, 2.05) is 13.8 Å². The number of pyridine rings is 1. The number of ether oxygens (including phenoxy) is 1. The van der Waals surface area contributed by atoms with Gasteiger partial charge in [-0.1, -0.05) is 11.6 Å². The van der Waals surface area contributed by atoms with Crippen molar-refractivity contribution in [2.24, 2.45) is 0 Å². The first kappa shape index (κ1) is 14.1. The van der Waals surface area contributed by atoms with Crippen LogP contribution >= 0.6 is 11.6 Å². The molecule has 0 unspecified atom stereocenters. The smallest absolute Gasteiger partial charge is 0.255 e. The van der Waals surface area contributed by atoms with E-state index in [-0.39, 0.29) is 11.5 Å². The summed E-state index contributed by atoms with van der Waals surface area (Å²) in [5.41, 5.74) is 0.192. The van der Waals surface area contributed by atoms with Gasteiger partial charge in [0.2, 0.25) is 0 Å². The van der Waals surface area contributed by atoms with Crippen LogP contribution in [0.3, 0.4) is 0 Å². The first-order chi connectivity index (χ1) is 8.93. The Morgan fingerprint density at radius 3 is 2.89 bits per heavy atom. The SMILES string of the molecule is CNc1ncc(C(=O)N2CCOC(C)(C)C2)cc1Cl.